The Hall–Kier alpha value is -1.70. The molecule has 1 N–H and O–H groups in total. The Labute approximate surface area is 142 Å². The molecule has 1 aromatic carbocycles. The summed E-state index contributed by atoms with van der Waals surface area (Å²) in [5.41, 5.74) is -0.166. The van der Waals surface area contributed by atoms with Crippen LogP contribution in [0.2, 0.25) is 0 Å². The number of alkyl halides is 3. The summed E-state index contributed by atoms with van der Waals surface area (Å²) >= 11 is 1.30. The van der Waals surface area contributed by atoms with E-state index in [9.17, 15) is 22.8 Å². The molecule has 2 rings (SSSR count). The third kappa shape index (κ3) is 4.03. The van der Waals surface area contributed by atoms with Crippen LogP contribution in [-0.4, -0.2) is 34.6 Å². The van der Waals surface area contributed by atoms with Crippen LogP contribution in [0.3, 0.4) is 0 Å². The standard InChI is InChI=1S/C16H19F3N2O2S/c1-9(2)20-14(23)10(3)21-13(22)8-24-15(21)11-4-6-12(7-5-11)16(17,18)19/h4-7,9-10,15H,8H2,1-3H3,(H,20,23)/t10-,15+/m1/s1. The molecule has 1 heterocycles. The molecule has 0 aromatic heterocycles. The summed E-state index contributed by atoms with van der Waals surface area (Å²) in [4.78, 5) is 25.8. The lowest BCUT2D eigenvalue weighted by molar-refractivity contribution is -0.138. The minimum absolute atomic E-state index is 0.0603. The van der Waals surface area contributed by atoms with Crippen LogP contribution in [-0.2, 0) is 15.8 Å². The summed E-state index contributed by atoms with van der Waals surface area (Å²) in [5.74, 6) is -0.278. The molecule has 2 atom stereocenters. The lowest BCUT2D eigenvalue weighted by atomic mass is 10.1. The molecule has 0 aliphatic carbocycles. The molecular formula is C16H19F3N2O2S. The lowest BCUT2D eigenvalue weighted by Crippen LogP contribution is -2.48. The number of nitrogens with zero attached hydrogens (tertiary/aromatic N) is 1. The van der Waals surface area contributed by atoms with Crippen LogP contribution in [0.1, 0.15) is 37.3 Å². The molecule has 1 aliphatic heterocycles. The first-order valence-corrected chi connectivity index (χ1v) is 8.56. The van der Waals surface area contributed by atoms with Crippen molar-refractivity contribution in [3.63, 3.8) is 0 Å². The van der Waals surface area contributed by atoms with Crippen LogP contribution < -0.4 is 5.32 Å². The van der Waals surface area contributed by atoms with Gasteiger partial charge >= 0.3 is 6.18 Å². The molecule has 0 unspecified atom stereocenters. The van der Waals surface area contributed by atoms with E-state index in [0.717, 1.165) is 12.1 Å². The number of carbonyl (C=O) groups excluding carboxylic acids is 2. The van der Waals surface area contributed by atoms with E-state index in [-0.39, 0.29) is 23.6 Å². The van der Waals surface area contributed by atoms with Crippen molar-refractivity contribution in [3.05, 3.63) is 35.4 Å². The topological polar surface area (TPSA) is 49.4 Å². The van der Waals surface area contributed by atoms with Gasteiger partial charge in [-0.3, -0.25) is 9.59 Å². The number of halogens is 3. The minimum atomic E-state index is -4.40. The van der Waals surface area contributed by atoms with Crippen LogP contribution >= 0.6 is 11.8 Å². The Kier molecular flexibility index (Phi) is 5.47. The summed E-state index contributed by atoms with van der Waals surface area (Å²) in [6.45, 7) is 5.26. The van der Waals surface area contributed by atoms with Gasteiger partial charge in [0.1, 0.15) is 11.4 Å². The fourth-order valence-corrected chi connectivity index (χ4v) is 3.74. The summed E-state index contributed by atoms with van der Waals surface area (Å²) in [6, 6.07) is 3.96. The zero-order chi connectivity index (χ0) is 18.1. The Morgan fingerprint density at radius 2 is 1.83 bits per heavy atom. The molecule has 1 aliphatic rings. The maximum Gasteiger partial charge on any atom is 0.416 e. The summed E-state index contributed by atoms with van der Waals surface area (Å²) in [7, 11) is 0. The van der Waals surface area contributed by atoms with E-state index in [1.807, 2.05) is 13.8 Å². The van der Waals surface area contributed by atoms with E-state index < -0.39 is 23.2 Å². The van der Waals surface area contributed by atoms with E-state index in [1.54, 1.807) is 6.92 Å². The van der Waals surface area contributed by atoms with Crippen LogP contribution in [0.5, 0.6) is 0 Å². The predicted octanol–water partition coefficient (Wildman–Crippen LogP) is 3.19. The Morgan fingerprint density at radius 3 is 2.33 bits per heavy atom. The number of nitrogens with one attached hydrogen (secondary N) is 1. The maximum atomic E-state index is 12.7. The van der Waals surface area contributed by atoms with Gasteiger partial charge in [0.25, 0.3) is 0 Å². The van der Waals surface area contributed by atoms with Crippen LogP contribution in [0.4, 0.5) is 13.2 Å². The van der Waals surface area contributed by atoms with Gasteiger partial charge in [0.15, 0.2) is 0 Å². The Balaban J connectivity index is 2.22. The molecule has 1 saturated heterocycles. The quantitative estimate of drug-likeness (QED) is 0.897. The monoisotopic (exact) mass is 360 g/mol. The second-order valence-corrected chi connectivity index (χ2v) is 6.99. The molecule has 2 amide bonds. The summed E-state index contributed by atoms with van der Waals surface area (Å²) in [5, 5.41) is 2.29. The summed E-state index contributed by atoms with van der Waals surface area (Å²) < 4.78 is 38.0. The van der Waals surface area contributed by atoms with E-state index in [4.69, 9.17) is 0 Å². The van der Waals surface area contributed by atoms with Gasteiger partial charge in [-0.2, -0.15) is 13.2 Å². The molecule has 1 fully saturated rings. The first kappa shape index (κ1) is 18.6. The molecule has 1 aromatic rings. The van der Waals surface area contributed by atoms with Crippen LogP contribution in [0, 0.1) is 0 Å². The van der Waals surface area contributed by atoms with Crippen molar-refractivity contribution in [1.82, 2.24) is 10.2 Å². The fraction of sp³-hybridized carbons (Fsp3) is 0.500. The zero-order valence-electron chi connectivity index (χ0n) is 13.6. The molecule has 0 saturated carbocycles. The molecule has 0 radical (unpaired) electrons. The number of rotatable bonds is 4. The first-order valence-electron chi connectivity index (χ1n) is 7.51. The van der Waals surface area contributed by atoms with E-state index >= 15 is 0 Å². The van der Waals surface area contributed by atoms with Gasteiger partial charge in [-0.1, -0.05) is 12.1 Å². The highest BCUT2D eigenvalue weighted by Crippen LogP contribution is 2.41. The van der Waals surface area contributed by atoms with Crippen LogP contribution in [0.25, 0.3) is 0 Å². The largest absolute Gasteiger partial charge is 0.416 e. The minimum Gasteiger partial charge on any atom is -0.352 e. The number of amides is 2. The normalized spacial score (nSPS) is 19.7. The van der Waals surface area contributed by atoms with Gasteiger partial charge in [0.05, 0.1) is 11.3 Å². The number of carbonyl (C=O) groups is 2. The van der Waals surface area contributed by atoms with Crippen molar-refractivity contribution in [2.24, 2.45) is 0 Å². The maximum absolute atomic E-state index is 12.7. The second kappa shape index (κ2) is 7.04. The fourth-order valence-electron chi connectivity index (χ4n) is 2.48. The smallest absolute Gasteiger partial charge is 0.352 e. The molecule has 0 spiro atoms. The van der Waals surface area contributed by atoms with Crippen molar-refractivity contribution >= 4 is 23.6 Å². The second-order valence-electron chi connectivity index (χ2n) is 5.92. The zero-order valence-corrected chi connectivity index (χ0v) is 14.4. The SMILES string of the molecule is CC(C)NC(=O)[C@@H](C)N1C(=O)CS[C@H]1c1ccc(C(F)(F)F)cc1. The highest BCUT2D eigenvalue weighted by molar-refractivity contribution is 8.00. The average Bonchev–Trinajstić information content (AvgIpc) is 2.86. The summed E-state index contributed by atoms with van der Waals surface area (Å²) in [6.07, 6.45) is -4.40. The van der Waals surface area contributed by atoms with Crippen molar-refractivity contribution in [3.8, 4) is 0 Å². The van der Waals surface area contributed by atoms with Gasteiger partial charge in [-0.05, 0) is 38.5 Å². The van der Waals surface area contributed by atoms with Crippen molar-refractivity contribution in [2.75, 3.05) is 5.75 Å². The van der Waals surface area contributed by atoms with E-state index in [2.05, 4.69) is 5.32 Å². The van der Waals surface area contributed by atoms with Gasteiger partial charge < -0.3 is 10.2 Å². The third-order valence-corrected chi connectivity index (χ3v) is 4.88. The van der Waals surface area contributed by atoms with Gasteiger partial charge in [0.2, 0.25) is 11.8 Å². The van der Waals surface area contributed by atoms with Gasteiger partial charge in [0, 0.05) is 6.04 Å². The lowest BCUT2D eigenvalue weighted by Gasteiger charge is -2.30. The van der Waals surface area contributed by atoms with Crippen molar-refractivity contribution in [2.45, 2.75) is 44.4 Å². The Bertz CT molecular complexity index is 617. The van der Waals surface area contributed by atoms with E-state index in [0.29, 0.717) is 5.56 Å². The molecular weight excluding hydrogens is 341 g/mol. The molecule has 24 heavy (non-hydrogen) atoms. The molecule has 132 valence electrons. The van der Waals surface area contributed by atoms with Crippen LogP contribution in [0.15, 0.2) is 24.3 Å². The molecule has 8 heteroatoms. The van der Waals surface area contributed by atoms with Crippen molar-refractivity contribution < 1.29 is 22.8 Å². The van der Waals surface area contributed by atoms with E-state index in [1.165, 1.54) is 28.8 Å². The third-order valence-electron chi connectivity index (χ3n) is 3.66. The average molecular weight is 360 g/mol. The van der Waals surface area contributed by atoms with Crippen molar-refractivity contribution in [1.29, 1.82) is 0 Å². The first-order chi connectivity index (χ1) is 11.1. The highest BCUT2D eigenvalue weighted by Gasteiger charge is 2.39. The Morgan fingerprint density at radius 1 is 1.25 bits per heavy atom. The molecule has 4 nitrogen and oxygen atoms in total. The predicted molar refractivity (Wildman–Crippen MR) is 86.2 cm³/mol. The highest BCUT2D eigenvalue weighted by atomic mass is 32.2. The number of thioether (sulfide) groups is 1. The van der Waals surface area contributed by atoms with Gasteiger partial charge in [-0.15, -0.1) is 11.8 Å². The van der Waals surface area contributed by atoms with Gasteiger partial charge in [-0.25, -0.2) is 0 Å². The number of benzene rings is 1. The number of hydrogen-bond acceptors (Lipinski definition) is 3. The number of hydrogen-bond donors (Lipinski definition) is 1. The molecule has 0 bridgehead atoms.